The third-order valence-corrected chi connectivity index (χ3v) is 3.71. The van der Waals surface area contributed by atoms with Crippen molar-refractivity contribution in [2.75, 3.05) is 10.6 Å². The summed E-state index contributed by atoms with van der Waals surface area (Å²) in [7, 11) is 1.84. The van der Waals surface area contributed by atoms with Gasteiger partial charge in [-0.25, -0.2) is 4.79 Å². The van der Waals surface area contributed by atoms with Gasteiger partial charge in [0.25, 0.3) is 0 Å². The molecule has 1 unspecified atom stereocenters. The van der Waals surface area contributed by atoms with Crippen LogP contribution in [0.1, 0.15) is 37.4 Å². The zero-order valence-electron chi connectivity index (χ0n) is 13.0. The van der Waals surface area contributed by atoms with Gasteiger partial charge in [0.2, 0.25) is 0 Å². The Hall–Kier alpha value is -2.30. The lowest BCUT2D eigenvalue weighted by molar-refractivity contribution is 0.262. The maximum absolute atomic E-state index is 12.1. The van der Waals surface area contributed by atoms with Crippen LogP contribution in [0.4, 0.5) is 16.3 Å². The lowest BCUT2D eigenvalue weighted by atomic mass is 9.97. The summed E-state index contributed by atoms with van der Waals surface area (Å²) in [5.74, 6) is 0.951. The molecule has 0 saturated heterocycles. The van der Waals surface area contributed by atoms with Gasteiger partial charge in [0, 0.05) is 24.5 Å². The maximum atomic E-state index is 12.1. The smallest absolute Gasteiger partial charge is 0.307 e. The lowest BCUT2D eigenvalue weighted by Gasteiger charge is -2.15. The molecule has 2 amide bonds. The summed E-state index contributed by atoms with van der Waals surface area (Å²) in [6, 6.07) is 9.45. The summed E-state index contributed by atoms with van der Waals surface area (Å²) < 4.78 is 1.72. The number of urea groups is 1. The summed E-state index contributed by atoms with van der Waals surface area (Å²) in [4.78, 5) is 12.1. The summed E-state index contributed by atoms with van der Waals surface area (Å²) in [6.07, 6.45) is 1.03. The Balaban J connectivity index is 2.09. The van der Waals surface area contributed by atoms with Crippen molar-refractivity contribution in [3.05, 3.63) is 41.6 Å². The van der Waals surface area contributed by atoms with Crippen molar-refractivity contribution in [3.63, 3.8) is 0 Å². The van der Waals surface area contributed by atoms with Gasteiger partial charge in [0.1, 0.15) is 0 Å². The van der Waals surface area contributed by atoms with Gasteiger partial charge < -0.3 is 5.32 Å². The number of hydrogen-bond acceptors (Lipinski definition) is 2. The number of anilines is 2. The van der Waals surface area contributed by atoms with Gasteiger partial charge in [-0.05, 0) is 30.9 Å². The summed E-state index contributed by atoms with van der Waals surface area (Å²) >= 11 is 0. The number of hydrogen-bond donors (Lipinski definition) is 2. The maximum Gasteiger partial charge on any atom is 0.324 e. The van der Waals surface area contributed by atoms with Gasteiger partial charge in [-0.1, -0.05) is 32.0 Å². The van der Waals surface area contributed by atoms with Crippen LogP contribution in [0.2, 0.25) is 0 Å². The minimum atomic E-state index is -0.274. The lowest BCUT2D eigenvalue weighted by Crippen LogP contribution is -2.20. The van der Waals surface area contributed by atoms with E-state index in [4.69, 9.17) is 0 Å². The van der Waals surface area contributed by atoms with E-state index in [-0.39, 0.29) is 6.03 Å². The second kappa shape index (κ2) is 6.43. The first-order valence-electron chi connectivity index (χ1n) is 7.18. The van der Waals surface area contributed by atoms with E-state index in [1.165, 1.54) is 0 Å². The van der Waals surface area contributed by atoms with Crippen LogP contribution in [-0.4, -0.2) is 15.8 Å². The Morgan fingerprint density at radius 3 is 2.67 bits per heavy atom. The van der Waals surface area contributed by atoms with Crippen LogP contribution in [0, 0.1) is 6.92 Å². The fraction of sp³-hybridized carbons (Fsp3) is 0.375. The molecule has 5 heteroatoms. The topological polar surface area (TPSA) is 59.0 Å². The Morgan fingerprint density at radius 2 is 2.05 bits per heavy atom. The van der Waals surface area contributed by atoms with Crippen LogP contribution < -0.4 is 10.6 Å². The molecule has 1 aromatic carbocycles. The quantitative estimate of drug-likeness (QED) is 0.896. The Morgan fingerprint density at radius 1 is 1.33 bits per heavy atom. The first kappa shape index (κ1) is 15.1. The van der Waals surface area contributed by atoms with E-state index >= 15 is 0 Å². The van der Waals surface area contributed by atoms with Crippen LogP contribution >= 0.6 is 0 Å². The highest BCUT2D eigenvalue weighted by Crippen LogP contribution is 2.26. The fourth-order valence-corrected chi connectivity index (χ4v) is 2.15. The van der Waals surface area contributed by atoms with Gasteiger partial charge >= 0.3 is 6.03 Å². The number of nitrogens with zero attached hydrogens (tertiary/aromatic N) is 2. The first-order valence-corrected chi connectivity index (χ1v) is 7.18. The van der Waals surface area contributed by atoms with E-state index in [0.29, 0.717) is 11.7 Å². The van der Waals surface area contributed by atoms with E-state index < -0.39 is 0 Å². The van der Waals surface area contributed by atoms with Crippen LogP contribution in [0.5, 0.6) is 0 Å². The Kier molecular flexibility index (Phi) is 4.62. The van der Waals surface area contributed by atoms with Crippen molar-refractivity contribution < 1.29 is 4.79 Å². The molecule has 0 saturated carbocycles. The van der Waals surface area contributed by atoms with Gasteiger partial charge in [0.15, 0.2) is 5.82 Å². The highest BCUT2D eigenvalue weighted by Gasteiger charge is 2.12. The number of carbonyl (C=O) groups excluding carboxylic acids is 1. The van der Waals surface area contributed by atoms with Crippen molar-refractivity contribution in [2.24, 2.45) is 7.05 Å². The molecule has 5 nitrogen and oxygen atoms in total. The predicted molar refractivity (Wildman–Crippen MR) is 85.7 cm³/mol. The molecule has 0 aliphatic rings. The molecule has 21 heavy (non-hydrogen) atoms. The third-order valence-electron chi connectivity index (χ3n) is 3.71. The normalized spacial score (nSPS) is 12.0. The molecule has 0 fully saturated rings. The molecule has 0 spiro atoms. The fourth-order valence-electron chi connectivity index (χ4n) is 2.15. The Bertz CT molecular complexity index is 613. The van der Waals surface area contributed by atoms with E-state index in [2.05, 4.69) is 35.6 Å². The second-order valence-corrected chi connectivity index (χ2v) is 5.27. The van der Waals surface area contributed by atoms with Crippen molar-refractivity contribution in [1.82, 2.24) is 9.78 Å². The summed E-state index contributed by atoms with van der Waals surface area (Å²) in [5.41, 5.74) is 2.98. The zero-order chi connectivity index (χ0) is 15.4. The SMILES string of the molecule is CCC(C)c1ccccc1NC(=O)Nc1cc(C)n(C)n1. The predicted octanol–water partition coefficient (Wildman–Crippen LogP) is 3.89. The van der Waals surface area contributed by atoms with E-state index in [1.54, 1.807) is 4.68 Å². The van der Waals surface area contributed by atoms with Gasteiger partial charge in [-0.15, -0.1) is 0 Å². The number of benzene rings is 1. The highest BCUT2D eigenvalue weighted by atomic mass is 16.2. The zero-order valence-corrected chi connectivity index (χ0v) is 13.0. The molecular formula is C16H22N4O. The van der Waals surface area contributed by atoms with E-state index in [1.807, 2.05) is 38.2 Å². The molecule has 2 rings (SSSR count). The van der Waals surface area contributed by atoms with Gasteiger partial charge in [-0.3, -0.25) is 10.00 Å². The van der Waals surface area contributed by atoms with Gasteiger partial charge in [-0.2, -0.15) is 5.10 Å². The number of carbonyl (C=O) groups is 1. The molecule has 1 aromatic heterocycles. The molecule has 0 aliphatic carbocycles. The molecule has 0 aliphatic heterocycles. The number of rotatable bonds is 4. The average Bonchev–Trinajstić information content (AvgIpc) is 2.76. The van der Waals surface area contributed by atoms with Crippen molar-refractivity contribution in [2.45, 2.75) is 33.1 Å². The second-order valence-electron chi connectivity index (χ2n) is 5.27. The van der Waals surface area contributed by atoms with Crippen LogP contribution in [0.3, 0.4) is 0 Å². The van der Waals surface area contributed by atoms with E-state index in [0.717, 1.165) is 23.4 Å². The summed E-state index contributed by atoms with van der Waals surface area (Å²) in [6.45, 7) is 6.23. The van der Waals surface area contributed by atoms with Crippen molar-refractivity contribution in [3.8, 4) is 0 Å². The first-order chi connectivity index (χ1) is 10.0. The molecule has 112 valence electrons. The molecule has 0 bridgehead atoms. The summed E-state index contributed by atoms with van der Waals surface area (Å²) in [5, 5.41) is 9.87. The van der Waals surface area contributed by atoms with Crippen LogP contribution in [-0.2, 0) is 7.05 Å². The molecule has 2 N–H and O–H groups in total. The molecular weight excluding hydrogens is 264 g/mol. The van der Waals surface area contributed by atoms with Crippen molar-refractivity contribution >= 4 is 17.5 Å². The molecule has 1 atom stereocenters. The molecule has 0 radical (unpaired) electrons. The highest BCUT2D eigenvalue weighted by molar-refractivity contribution is 5.99. The van der Waals surface area contributed by atoms with Crippen LogP contribution in [0.15, 0.2) is 30.3 Å². The monoisotopic (exact) mass is 286 g/mol. The minimum absolute atomic E-state index is 0.274. The molecule has 1 heterocycles. The standard InChI is InChI=1S/C16H22N4O/c1-5-11(2)13-8-6-7-9-14(13)17-16(21)18-15-10-12(3)20(4)19-15/h6-11H,5H2,1-4H3,(H2,17,18,19,21). The number of para-hydroxylation sites is 1. The third kappa shape index (κ3) is 3.62. The minimum Gasteiger partial charge on any atom is -0.307 e. The molecule has 2 aromatic rings. The number of aryl methyl sites for hydroxylation is 2. The number of amides is 2. The van der Waals surface area contributed by atoms with E-state index in [9.17, 15) is 4.79 Å². The van der Waals surface area contributed by atoms with Gasteiger partial charge in [0.05, 0.1) is 0 Å². The Labute approximate surface area is 125 Å². The number of nitrogens with one attached hydrogen (secondary N) is 2. The number of aromatic nitrogens is 2. The average molecular weight is 286 g/mol. The van der Waals surface area contributed by atoms with Crippen LogP contribution in [0.25, 0.3) is 0 Å². The largest absolute Gasteiger partial charge is 0.324 e. The van der Waals surface area contributed by atoms with Crippen molar-refractivity contribution in [1.29, 1.82) is 0 Å².